The maximum absolute atomic E-state index is 11.2. The lowest BCUT2D eigenvalue weighted by Gasteiger charge is -2.24. The molecule has 0 aliphatic carbocycles. The molecule has 1 aromatic carbocycles. The molecule has 0 aliphatic rings. The van der Waals surface area contributed by atoms with Gasteiger partial charge in [0.2, 0.25) is 5.91 Å². The summed E-state index contributed by atoms with van der Waals surface area (Å²) in [6.07, 6.45) is 0. The summed E-state index contributed by atoms with van der Waals surface area (Å²) in [5, 5.41) is 9.81. The summed E-state index contributed by atoms with van der Waals surface area (Å²) in [5.74, 6) is -1.49. The lowest BCUT2D eigenvalue weighted by atomic mass is 10.1. The highest BCUT2D eigenvalue weighted by molar-refractivity contribution is 6.34. The van der Waals surface area contributed by atoms with Crippen molar-refractivity contribution in [1.82, 2.24) is 4.90 Å². The van der Waals surface area contributed by atoms with E-state index in [9.17, 15) is 9.59 Å². The quantitative estimate of drug-likeness (QED) is 0.923. The van der Waals surface area contributed by atoms with E-state index in [-0.39, 0.29) is 5.91 Å². The minimum absolute atomic E-state index is 0.329. The van der Waals surface area contributed by atoms with Crippen LogP contribution in [0.5, 0.6) is 0 Å². The van der Waals surface area contributed by atoms with Crippen molar-refractivity contribution in [3.8, 4) is 0 Å². The predicted octanol–water partition coefficient (Wildman–Crippen LogP) is 2.60. The lowest BCUT2D eigenvalue weighted by molar-refractivity contribution is -0.148. The SMILES string of the molecule is CC(=O)N(C)C(C(=O)O)c1cc(Cl)cc(Cl)c1. The number of hydrogen-bond donors (Lipinski definition) is 1. The molecule has 4 nitrogen and oxygen atoms in total. The number of likely N-dealkylation sites (N-methyl/N-ethyl adjacent to an activating group) is 1. The van der Waals surface area contributed by atoms with Gasteiger partial charge < -0.3 is 10.0 Å². The van der Waals surface area contributed by atoms with Gasteiger partial charge in [-0.2, -0.15) is 0 Å². The molecule has 6 heteroatoms. The second-order valence-corrected chi connectivity index (χ2v) is 4.45. The van der Waals surface area contributed by atoms with E-state index in [4.69, 9.17) is 28.3 Å². The summed E-state index contributed by atoms with van der Waals surface area (Å²) >= 11 is 11.6. The normalized spacial score (nSPS) is 12.0. The fourth-order valence-electron chi connectivity index (χ4n) is 1.45. The Hall–Kier alpha value is -1.26. The van der Waals surface area contributed by atoms with Crippen LogP contribution in [-0.4, -0.2) is 28.9 Å². The van der Waals surface area contributed by atoms with Gasteiger partial charge in [-0.05, 0) is 23.8 Å². The minimum Gasteiger partial charge on any atom is -0.479 e. The summed E-state index contributed by atoms with van der Waals surface area (Å²) in [5.41, 5.74) is 0.368. The third-order valence-electron chi connectivity index (χ3n) is 2.32. The molecule has 1 atom stereocenters. The molecule has 1 unspecified atom stereocenters. The van der Waals surface area contributed by atoms with E-state index in [0.717, 1.165) is 4.90 Å². The van der Waals surface area contributed by atoms with Crippen LogP contribution in [0, 0.1) is 0 Å². The predicted molar refractivity (Wildman–Crippen MR) is 65.3 cm³/mol. The van der Waals surface area contributed by atoms with Crippen LogP contribution in [0.15, 0.2) is 18.2 Å². The number of aliphatic carboxylic acids is 1. The van der Waals surface area contributed by atoms with Crippen LogP contribution in [0.1, 0.15) is 18.5 Å². The van der Waals surface area contributed by atoms with Gasteiger partial charge in [0.1, 0.15) is 0 Å². The zero-order chi connectivity index (χ0) is 13.2. The van der Waals surface area contributed by atoms with Crippen molar-refractivity contribution in [2.75, 3.05) is 7.05 Å². The molecule has 0 saturated heterocycles. The number of halogens is 2. The van der Waals surface area contributed by atoms with E-state index in [2.05, 4.69) is 0 Å². The van der Waals surface area contributed by atoms with E-state index in [1.54, 1.807) is 0 Å². The van der Waals surface area contributed by atoms with Gasteiger partial charge in [-0.3, -0.25) is 4.79 Å². The highest BCUT2D eigenvalue weighted by Crippen LogP contribution is 2.26. The maximum atomic E-state index is 11.2. The average molecular weight is 276 g/mol. The summed E-state index contributed by atoms with van der Waals surface area (Å²) < 4.78 is 0. The first-order valence-electron chi connectivity index (χ1n) is 4.75. The Morgan fingerprint density at radius 3 is 2.06 bits per heavy atom. The van der Waals surface area contributed by atoms with Crippen LogP contribution in [0.4, 0.5) is 0 Å². The van der Waals surface area contributed by atoms with E-state index in [0.29, 0.717) is 15.6 Å². The van der Waals surface area contributed by atoms with Crippen LogP contribution in [0.3, 0.4) is 0 Å². The first-order valence-corrected chi connectivity index (χ1v) is 5.50. The van der Waals surface area contributed by atoms with E-state index in [1.807, 2.05) is 0 Å². The molecule has 17 heavy (non-hydrogen) atoms. The van der Waals surface area contributed by atoms with Gasteiger partial charge in [0.05, 0.1) is 0 Å². The first kappa shape index (κ1) is 13.8. The number of carbonyl (C=O) groups excluding carboxylic acids is 1. The zero-order valence-electron chi connectivity index (χ0n) is 9.28. The van der Waals surface area contributed by atoms with Crippen LogP contribution in [0.25, 0.3) is 0 Å². The summed E-state index contributed by atoms with van der Waals surface area (Å²) in [6, 6.07) is 3.36. The van der Waals surface area contributed by atoms with Crippen LogP contribution >= 0.6 is 23.2 Å². The van der Waals surface area contributed by atoms with Crippen molar-refractivity contribution in [1.29, 1.82) is 0 Å². The van der Waals surface area contributed by atoms with E-state index < -0.39 is 12.0 Å². The average Bonchev–Trinajstić information content (AvgIpc) is 2.15. The smallest absolute Gasteiger partial charge is 0.331 e. The van der Waals surface area contributed by atoms with Crippen molar-refractivity contribution in [3.05, 3.63) is 33.8 Å². The van der Waals surface area contributed by atoms with Crippen LogP contribution in [0.2, 0.25) is 10.0 Å². The first-order chi connectivity index (χ1) is 7.82. The number of hydrogen-bond acceptors (Lipinski definition) is 2. The number of rotatable bonds is 3. The number of carboxylic acids is 1. The van der Waals surface area contributed by atoms with Crippen molar-refractivity contribution >= 4 is 35.1 Å². The molecular formula is C11H11Cl2NO3. The number of carboxylic acid groups (broad SMARTS) is 1. The van der Waals surface area contributed by atoms with Crippen molar-refractivity contribution in [2.24, 2.45) is 0 Å². The van der Waals surface area contributed by atoms with Crippen molar-refractivity contribution in [3.63, 3.8) is 0 Å². The Bertz CT molecular complexity index is 442. The molecule has 0 bridgehead atoms. The molecule has 0 spiro atoms. The topological polar surface area (TPSA) is 57.6 Å². The Morgan fingerprint density at radius 2 is 1.71 bits per heavy atom. The molecular weight excluding hydrogens is 265 g/mol. The number of amides is 1. The molecule has 0 saturated carbocycles. The summed E-state index contributed by atoms with van der Waals surface area (Å²) in [6.45, 7) is 1.29. The van der Waals surface area contributed by atoms with Crippen molar-refractivity contribution in [2.45, 2.75) is 13.0 Å². The standard InChI is InChI=1S/C11H11Cl2NO3/c1-6(15)14(2)10(11(16)17)7-3-8(12)5-9(13)4-7/h3-5,10H,1-2H3,(H,16,17). The highest BCUT2D eigenvalue weighted by atomic mass is 35.5. The second kappa shape index (κ2) is 5.38. The molecule has 0 fully saturated rings. The minimum atomic E-state index is -1.14. The van der Waals surface area contributed by atoms with Gasteiger partial charge in [-0.25, -0.2) is 4.79 Å². The Labute approximate surface area is 109 Å². The van der Waals surface area contributed by atoms with E-state index in [1.165, 1.54) is 32.2 Å². The number of nitrogens with zero attached hydrogens (tertiary/aromatic N) is 1. The number of carbonyl (C=O) groups is 2. The fourth-order valence-corrected chi connectivity index (χ4v) is 1.99. The van der Waals surface area contributed by atoms with Crippen LogP contribution < -0.4 is 0 Å². The third kappa shape index (κ3) is 3.35. The molecule has 1 aromatic rings. The molecule has 0 aromatic heterocycles. The maximum Gasteiger partial charge on any atom is 0.331 e. The van der Waals surface area contributed by atoms with Gasteiger partial charge in [0.25, 0.3) is 0 Å². The Balaban J connectivity index is 3.23. The van der Waals surface area contributed by atoms with Gasteiger partial charge in [0, 0.05) is 24.0 Å². The third-order valence-corrected chi connectivity index (χ3v) is 2.75. The molecule has 92 valence electrons. The number of benzene rings is 1. The lowest BCUT2D eigenvalue weighted by Crippen LogP contribution is -2.34. The van der Waals surface area contributed by atoms with Crippen molar-refractivity contribution < 1.29 is 14.7 Å². The fraction of sp³-hybridized carbons (Fsp3) is 0.273. The largest absolute Gasteiger partial charge is 0.479 e. The van der Waals surface area contributed by atoms with Gasteiger partial charge in [-0.15, -0.1) is 0 Å². The zero-order valence-corrected chi connectivity index (χ0v) is 10.8. The molecule has 1 amide bonds. The van der Waals surface area contributed by atoms with Crippen LogP contribution in [-0.2, 0) is 9.59 Å². The second-order valence-electron chi connectivity index (χ2n) is 3.57. The molecule has 0 aliphatic heterocycles. The highest BCUT2D eigenvalue weighted by Gasteiger charge is 2.27. The van der Waals surface area contributed by atoms with Gasteiger partial charge in [-0.1, -0.05) is 23.2 Å². The van der Waals surface area contributed by atoms with Gasteiger partial charge >= 0.3 is 5.97 Å². The Kier molecular flexibility index (Phi) is 4.37. The molecule has 0 radical (unpaired) electrons. The van der Waals surface area contributed by atoms with E-state index >= 15 is 0 Å². The molecule has 0 heterocycles. The monoisotopic (exact) mass is 275 g/mol. The summed E-state index contributed by atoms with van der Waals surface area (Å²) in [7, 11) is 1.41. The summed E-state index contributed by atoms with van der Waals surface area (Å²) in [4.78, 5) is 23.5. The molecule has 1 rings (SSSR count). The Morgan fingerprint density at radius 1 is 1.24 bits per heavy atom. The van der Waals surface area contributed by atoms with Gasteiger partial charge in [0.15, 0.2) is 6.04 Å². The molecule has 1 N–H and O–H groups in total.